The van der Waals surface area contributed by atoms with Crippen molar-refractivity contribution in [3.05, 3.63) is 65.2 Å². The Kier molecular flexibility index (Phi) is 5.56. The number of carbonyl (C=O) groups is 2. The van der Waals surface area contributed by atoms with Gasteiger partial charge < -0.3 is 15.0 Å². The number of carbonyl (C=O) groups excluding carboxylic acids is 2. The van der Waals surface area contributed by atoms with Gasteiger partial charge in [0.2, 0.25) is 11.8 Å². The number of rotatable bonds is 5. The van der Waals surface area contributed by atoms with Crippen molar-refractivity contribution < 1.29 is 14.3 Å². The third kappa shape index (κ3) is 4.04. The number of hydrogen-bond acceptors (Lipinski definition) is 3. The SMILES string of the molecule is CCOc1ccc(CC(=O)N2CCNC(=O)C2c2cccc(C)c2)cc1. The summed E-state index contributed by atoms with van der Waals surface area (Å²) < 4.78 is 5.43. The number of hydrogen-bond donors (Lipinski definition) is 1. The fraction of sp³-hybridized carbons (Fsp3) is 0.333. The molecule has 1 saturated heterocycles. The summed E-state index contributed by atoms with van der Waals surface area (Å²) in [7, 11) is 0. The van der Waals surface area contributed by atoms with Crippen LogP contribution in [0.1, 0.15) is 29.7 Å². The van der Waals surface area contributed by atoms with Crippen molar-refractivity contribution in [1.29, 1.82) is 0 Å². The van der Waals surface area contributed by atoms with Crippen LogP contribution < -0.4 is 10.1 Å². The molecule has 3 rings (SSSR count). The molecule has 2 amide bonds. The molecule has 1 aliphatic heterocycles. The van der Waals surface area contributed by atoms with Crippen molar-refractivity contribution in [2.24, 2.45) is 0 Å². The average molecular weight is 352 g/mol. The molecule has 1 unspecified atom stereocenters. The van der Waals surface area contributed by atoms with Gasteiger partial charge in [-0.25, -0.2) is 0 Å². The Bertz CT molecular complexity index is 786. The predicted molar refractivity (Wildman–Crippen MR) is 100.0 cm³/mol. The second kappa shape index (κ2) is 8.04. The van der Waals surface area contributed by atoms with Gasteiger partial charge in [-0.3, -0.25) is 9.59 Å². The van der Waals surface area contributed by atoms with Crippen molar-refractivity contribution in [1.82, 2.24) is 10.2 Å². The lowest BCUT2D eigenvalue weighted by molar-refractivity contribution is -0.143. The fourth-order valence-electron chi connectivity index (χ4n) is 3.25. The Morgan fingerprint density at radius 2 is 2.00 bits per heavy atom. The van der Waals surface area contributed by atoms with Crippen LogP contribution in [0.25, 0.3) is 0 Å². The fourth-order valence-corrected chi connectivity index (χ4v) is 3.25. The van der Waals surface area contributed by atoms with Gasteiger partial charge in [0.1, 0.15) is 11.8 Å². The minimum absolute atomic E-state index is 0.0458. The molecule has 0 radical (unpaired) electrons. The number of amides is 2. The molecule has 26 heavy (non-hydrogen) atoms. The first-order chi connectivity index (χ1) is 12.6. The number of benzene rings is 2. The van der Waals surface area contributed by atoms with Crippen molar-refractivity contribution in [2.75, 3.05) is 19.7 Å². The summed E-state index contributed by atoms with van der Waals surface area (Å²) in [6, 6.07) is 14.7. The lowest BCUT2D eigenvalue weighted by atomic mass is 9.99. The number of piperazine rings is 1. The number of nitrogens with one attached hydrogen (secondary N) is 1. The van der Waals surface area contributed by atoms with Gasteiger partial charge in [0.15, 0.2) is 0 Å². The summed E-state index contributed by atoms with van der Waals surface area (Å²) in [6.07, 6.45) is 0.266. The molecule has 136 valence electrons. The van der Waals surface area contributed by atoms with Gasteiger partial charge in [0, 0.05) is 13.1 Å². The van der Waals surface area contributed by atoms with E-state index in [-0.39, 0.29) is 18.2 Å². The smallest absolute Gasteiger partial charge is 0.247 e. The Balaban J connectivity index is 1.78. The van der Waals surface area contributed by atoms with E-state index in [2.05, 4.69) is 5.32 Å². The minimum atomic E-state index is -0.571. The van der Waals surface area contributed by atoms with Gasteiger partial charge in [0.25, 0.3) is 0 Å². The number of ether oxygens (including phenoxy) is 1. The Hall–Kier alpha value is -2.82. The zero-order valence-corrected chi connectivity index (χ0v) is 15.2. The molecule has 0 aliphatic carbocycles. The molecule has 1 atom stereocenters. The van der Waals surface area contributed by atoms with Gasteiger partial charge in [0.05, 0.1) is 13.0 Å². The van der Waals surface area contributed by atoms with E-state index >= 15 is 0 Å². The maximum Gasteiger partial charge on any atom is 0.247 e. The van der Waals surface area contributed by atoms with Crippen LogP contribution in [0, 0.1) is 6.92 Å². The highest BCUT2D eigenvalue weighted by molar-refractivity contribution is 5.90. The number of aryl methyl sites for hydroxylation is 1. The molecule has 2 aromatic carbocycles. The third-order valence-corrected chi connectivity index (χ3v) is 4.48. The second-order valence-electron chi connectivity index (χ2n) is 6.45. The molecule has 5 nitrogen and oxygen atoms in total. The summed E-state index contributed by atoms with van der Waals surface area (Å²) in [5.74, 6) is 0.621. The molecule has 1 heterocycles. The molecular weight excluding hydrogens is 328 g/mol. The van der Waals surface area contributed by atoms with E-state index in [1.165, 1.54) is 0 Å². The number of nitrogens with zero attached hydrogens (tertiary/aromatic N) is 1. The molecule has 1 fully saturated rings. The lowest BCUT2D eigenvalue weighted by Gasteiger charge is -2.35. The Labute approximate surface area is 154 Å². The zero-order chi connectivity index (χ0) is 18.5. The van der Waals surface area contributed by atoms with Gasteiger partial charge in [-0.05, 0) is 37.1 Å². The molecule has 1 N–H and O–H groups in total. The summed E-state index contributed by atoms with van der Waals surface area (Å²) in [5, 5.41) is 2.87. The van der Waals surface area contributed by atoms with E-state index in [4.69, 9.17) is 4.74 Å². The van der Waals surface area contributed by atoms with Crippen LogP contribution in [-0.4, -0.2) is 36.4 Å². The normalized spacial score (nSPS) is 16.9. The van der Waals surface area contributed by atoms with Crippen LogP contribution in [0.2, 0.25) is 0 Å². The first-order valence-corrected chi connectivity index (χ1v) is 8.94. The topological polar surface area (TPSA) is 58.6 Å². The molecular formula is C21H24N2O3. The predicted octanol–water partition coefficient (Wildman–Crippen LogP) is 2.64. The van der Waals surface area contributed by atoms with Gasteiger partial charge >= 0.3 is 0 Å². The highest BCUT2D eigenvalue weighted by atomic mass is 16.5. The van der Waals surface area contributed by atoms with E-state index in [0.717, 1.165) is 22.4 Å². The van der Waals surface area contributed by atoms with E-state index in [9.17, 15) is 9.59 Å². The van der Waals surface area contributed by atoms with Crippen LogP contribution in [0.3, 0.4) is 0 Å². The van der Waals surface area contributed by atoms with Crippen molar-refractivity contribution in [3.8, 4) is 5.75 Å². The molecule has 0 aromatic heterocycles. The van der Waals surface area contributed by atoms with Crippen molar-refractivity contribution in [2.45, 2.75) is 26.3 Å². The molecule has 0 spiro atoms. The second-order valence-corrected chi connectivity index (χ2v) is 6.45. The maximum atomic E-state index is 12.9. The van der Waals surface area contributed by atoms with Crippen LogP contribution >= 0.6 is 0 Å². The van der Waals surface area contributed by atoms with Crippen LogP contribution in [-0.2, 0) is 16.0 Å². The molecule has 5 heteroatoms. The van der Waals surface area contributed by atoms with Crippen LogP contribution in [0.4, 0.5) is 0 Å². The lowest BCUT2D eigenvalue weighted by Crippen LogP contribution is -2.52. The van der Waals surface area contributed by atoms with Crippen molar-refractivity contribution >= 4 is 11.8 Å². The standard InChI is InChI=1S/C21H24N2O3/c1-3-26-18-9-7-16(8-10-18)14-19(24)23-12-11-22-21(25)20(23)17-6-4-5-15(2)13-17/h4-10,13,20H,3,11-12,14H2,1-2H3,(H,22,25). The third-order valence-electron chi connectivity index (χ3n) is 4.48. The van der Waals surface area contributed by atoms with E-state index < -0.39 is 6.04 Å². The monoisotopic (exact) mass is 352 g/mol. The van der Waals surface area contributed by atoms with Gasteiger partial charge in [-0.2, -0.15) is 0 Å². The highest BCUT2D eigenvalue weighted by Crippen LogP contribution is 2.25. The highest BCUT2D eigenvalue weighted by Gasteiger charge is 2.34. The maximum absolute atomic E-state index is 12.9. The molecule has 0 bridgehead atoms. The molecule has 1 aliphatic rings. The summed E-state index contributed by atoms with van der Waals surface area (Å²) >= 11 is 0. The quantitative estimate of drug-likeness (QED) is 0.900. The average Bonchev–Trinajstić information content (AvgIpc) is 2.63. The van der Waals surface area contributed by atoms with E-state index in [1.807, 2.05) is 62.4 Å². The molecule has 0 saturated carbocycles. The van der Waals surface area contributed by atoms with Gasteiger partial charge in [-0.1, -0.05) is 42.0 Å². The van der Waals surface area contributed by atoms with Gasteiger partial charge in [-0.15, -0.1) is 0 Å². The summed E-state index contributed by atoms with van der Waals surface area (Å²) in [6.45, 7) is 5.52. The zero-order valence-electron chi connectivity index (χ0n) is 15.2. The summed E-state index contributed by atoms with van der Waals surface area (Å²) in [4.78, 5) is 27.1. The van der Waals surface area contributed by atoms with E-state index in [0.29, 0.717) is 19.7 Å². The van der Waals surface area contributed by atoms with E-state index in [1.54, 1.807) is 4.90 Å². The molecule has 2 aromatic rings. The van der Waals surface area contributed by atoms with Crippen molar-refractivity contribution in [3.63, 3.8) is 0 Å². The Morgan fingerprint density at radius 3 is 2.69 bits per heavy atom. The van der Waals surface area contributed by atoms with Crippen LogP contribution in [0.5, 0.6) is 5.75 Å². The minimum Gasteiger partial charge on any atom is -0.494 e. The largest absolute Gasteiger partial charge is 0.494 e. The Morgan fingerprint density at radius 1 is 1.23 bits per heavy atom. The first-order valence-electron chi connectivity index (χ1n) is 8.94. The van der Waals surface area contributed by atoms with Crippen LogP contribution in [0.15, 0.2) is 48.5 Å². The first kappa shape index (κ1) is 18.0. The summed E-state index contributed by atoms with van der Waals surface area (Å²) in [5.41, 5.74) is 2.83.